The van der Waals surface area contributed by atoms with Gasteiger partial charge in [0.1, 0.15) is 11.5 Å². The number of sulfonamides is 1. The van der Waals surface area contributed by atoms with Crippen LogP contribution in [0.1, 0.15) is 37.4 Å². The van der Waals surface area contributed by atoms with E-state index in [1.807, 2.05) is 32.0 Å². The van der Waals surface area contributed by atoms with Gasteiger partial charge in [0.25, 0.3) is 5.89 Å². The van der Waals surface area contributed by atoms with Crippen molar-refractivity contribution in [2.24, 2.45) is 0 Å². The Morgan fingerprint density at radius 2 is 2.09 bits per heavy atom. The molecule has 0 aliphatic heterocycles. The molecule has 3 aromatic rings. The molecule has 0 saturated carbocycles. The molecule has 1 atom stereocenters. The highest BCUT2D eigenvalue weighted by Gasteiger charge is 2.30. The van der Waals surface area contributed by atoms with Crippen LogP contribution in [0.15, 0.2) is 40.9 Å². The zero-order valence-corrected chi connectivity index (χ0v) is 20.0. The molecule has 0 saturated heterocycles. The van der Waals surface area contributed by atoms with Gasteiger partial charge in [-0.05, 0) is 56.0 Å². The average Bonchev–Trinajstić information content (AvgIpc) is 3.42. The number of nitrogen functional groups attached to an aromatic ring is 1. The number of hydrogen-bond acceptors (Lipinski definition) is 8. The molecule has 1 amide bonds. The third-order valence-corrected chi connectivity index (χ3v) is 6.76. The van der Waals surface area contributed by atoms with Crippen molar-refractivity contribution in [3.63, 3.8) is 0 Å². The van der Waals surface area contributed by atoms with Gasteiger partial charge in [-0.25, -0.2) is 13.1 Å². The summed E-state index contributed by atoms with van der Waals surface area (Å²) in [5.74, 6) is 0.124. The van der Waals surface area contributed by atoms with E-state index in [9.17, 15) is 13.2 Å². The fourth-order valence-electron chi connectivity index (χ4n) is 3.98. The Hall–Kier alpha value is -3.44. The molecule has 180 valence electrons. The van der Waals surface area contributed by atoms with Gasteiger partial charge in [-0.2, -0.15) is 4.98 Å². The molecule has 1 heterocycles. The molecule has 1 aliphatic carbocycles. The van der Waals surface area contributed by atoms with E-state index < -0.39 is 27.7 Å². The lowest BCUT2D eigenvalue weighted by Crippen LogP contribution is -2.36. The van der Waals surface area contributed by atoms with Gasteiger partial charge in [0, 0.05) is 24.2 Å². The molecule has 0 bridgehead atoms. The van der Waals surface area contributed by atoms with Crippen molar-refractivity contribution in [1.29, 1.82) is 0 Å². The molecule has 4 N–H and O–H groups in total. The fourth-order valence-corrected chi connectivity index (χ4v) is 5.23. The Morgan fingerprint density at radius 1 is 1.29 bits per heavy atom. The van der Waals surface area contributed by atoms with Crippen LogP contribution in [0.4, 0.5) is 5.69 Å². The van der Waals surface area contributed by atoms with Crippen molar-refractivity contribution < 1.29 is 22.5 Å². The lowest BCUT2D eigenvalue weighted by Gasteiger charge is -2.14. The number of anilines is 1. The Kier molecular flexibility index (Phi) is 6.58. The van der Waals surface area contributed by atoms with E-state index in [4.69, 9.17) is 15.0 Å². The second kappa shape index (κ2) is 9.43. The van der Waals surface area contributed by atoms with E-state index in [-0.39, 0.29) is 6.10 Å². The Labute approximate surface area is 197 Å². The first-order chi connectivity index (χ1) is 16.2. The van der Waals surface area contributed by atoms with Crippen molar-refractivity contribution in [1.82, 2.24) is 20.2 Å². The van der Waals surface area contributed by atoms with Crippen molar-refractivity contribution in [2.45, 2.75) is 38.8 Å². The summed E-state index contributed by atoms with van der Waals surface area (Å²) < 4.78 is 38.5. The van der Waals surface area contributed by atoms with Crippen molar-refractivity contribution in [3.05, 3.63) is 47.5 Å². The summed E-state index contributed by atoms with van der Waals surface area (Å²) >= 11 is 0. The first-order valence-corrected chi connectivity index (χ1v) is 12.5. The van der Waals surface area contributed by atoms with E-state index in [1.165, 1.54) is 7.05 Å². The number of nitrogens with two attached hydrogens (primary N) is 1. The highest BCUT2D eigenvalue weighted by Crippen LogP contribution is 2.38. The van der Waals surface area contributed by atoms with E-state index in [0.29, 0.717) is 41.6 Å². The van der Waals surface area contributed by atoms with Gasteiger partial charge in [0.05, 0.1) is 11.8 Å². The molecule has 2 aromatic carbocycles. The highest BCUT2D eigenvalue weighted by atomic mass is 32.2. The molecule has 0 unspecified atom stereocenters. The lowest BCUT2D eigenvalue weighted by atomic mass is 10.0. The minimum Gasteiger partial charge on any atom is -0.489 e. The van der Waals surface area contributed by atoms with Gasteiger partial charge in [0.15, 0.2) is 0 Å². The number of carbonyl (C=O) groups excluding carboxylic acids is 1. The zero-order valence-electron chi connectivity index (χ0n) is 19.2. The summed E-state index contributed by atoms with van der Waals surface area (Å²) in [5, 5.41) is 6.47. The molecule has 1 aliphatic rings. The van der Waals surface area contributed by atoms with Crippen LogP contribution in [-0.4, -0.2) is 43.4 Å². The zero-order chi connectivity index (χ0) is 24.5. The summed E-state index contributed by atoms with van der Waals surface area (Å²) in [7, 11) is -2.38. The molecule has 11 heteroatoms. The van der Waals surface area contributed by atoms with Gasteiger partial charge in [-0.3, -0.25) is 4.79 Å². The van der Waals surface area contributed by atoms with E-state index in [1.54, 1.807) is 18.2 Å². The molecule has 34 heavy (non-hydrogen) atoms. The summed E-state index contributed by atoms with van der Waals surface area (Å²) in [6.45, 7) is 3.85. The van der Waals surface area contributed by atoms with Gasteiger partial charge >= 0.3 is 0 Å². The highest BCUT2D eigenvalue weighted by molar-refractivity contribution is 7.90. The molecule has 10 nitrogen and oxygen atoms in total. The summed E-state index contributed by atoms with van der Waals surface area (Å²) in [6, 6.07) is 10.4. The predicted octanol–water partition coefficient (Wildman–Crippen LogP) is 2.43. The number of nitrogens with zero attached hydrogens (tertiary/aromatic N) is 2. The molecule has 0 spiro atoms. The van der Waals surface area contributed by atoms with Crippen molar-refractivity contribution in [3.8, 4) is 28.6 Å². The summed E-state index contributed by atoms with van der Waals surface area (Å²) in [4.78, 5) is 16.1. The van der Waals surface area contributed by atoms with Crippen LogP contribution >= 0.6 is 0 Å². The van der Waals surface area contributed by atoms with Crippen molar-refractivity contribution in [2.75, 3.05) is 18.5 Å². The van der Waals surface area contributed by atoms with E-state index in [2.05, 4.69) is 20.2 Å². The maximum Gasteiger partial charge on any atom is 0.258 e. The van der Waals surface area contributed by atoms with E-state index in [0.717, 1.165) is 16.7 Å². The van der Waals surface area contributed by atoms with Crippen LogP contribution < -0.4 is 20.5 Å². The van der Waals surface area contributed by atoms with Crippen LogP contribution in [0.5, 0.6) is 5.75 Å². The third-order valence-electron chi connectivity index (χ3n) is 5.48. The van der Waals surface area contributed by atoms with Gasteiger partial charge in [0.2, 0.25) is 21.8 Å². The SMILES string of the molecule is CNC(=O)CS(=O)(=O)N[C@H]1CCc2c(-c3noc(-c4ccc(OC(C)C)c(N)c4)n3)cccc21. The van der Waals surface area contributed by atoms with Crippen LogP contribution in [-0.2, 0) is 21.2 Å². The number of hydrogen-bond donors (Lipinski definition) is 3. The Bertz CT molecular complexity index is 1320. The molecule has 4 rings (SSSR count). The number of aromatic nitrogens is 2. The Morgan fingerprint density at radius 3 is 2.79 bits per heavy atom. The number of carbonyl (C=O) groups is 1. The summed E-state index contributed by atoms with van der Waals surface area (Å²) in [6.07, 6.45) is 1.20. The molecular weight excluding hydrogens is 458 g/mol. The van der Waals surface area contributed by atoms with Gasteiger partial charge in [-0.15, -0.1) is 0 Å². The van der Waals surface area contributed by atoms with Crippen LogP contribution in [0, 0.1) is 0 Å². The number of ether oxygens (including phenoxy) is 1. The first kappa shape index (κ1) is 23.7. The molecule has 1 aromatic heterocycles. The maximum absolute atomic E-state index is 12.4. The predicted molar refractivity (Wildman–Crippen MR) is 127 cm³/mol. The second-order valence-corrected chi connectivity index (χ2v) is 10.1. The quantitative estimate of drug-likeness (QED) is 0.412. The smallest absolute Gasteiger partial charge is 0.258 e. The lowest BCUT2D eigenvalue weighted by molar-refractivity contribution is -0.118. The largest absolute Gasteiger partial charge is 0.489 e. The monoisotopic (exact) mass is 485 g/mol. The first-order valence-electron chi connectivity index (χ1n) is 10.9. The number of fused-ring (bicyclic) bond motifs is 1. The number of nitrogens with one attached hydrogen (secondary N) is 2. The third kappa shape index (κ3) is 5.05. The standard InChI is InChI=1S/C23H27N5O5S/c1-13(2)32-20-10-7-14(11-18(20)24)23-26-22(27-33-23)17-6-4-5-16-15(17)8-9-19(16)28-34(30,31)12-21(29)25-3/h4-7,10-11,13,19,28H,8-9,12,24H2,1-3H3,(H,25,29)/t19-/m0/s1. The van der Waals surface area contributed by atoms with Crippen molar-refractivity contribution >= 4 is 21.6 Å². The number of rotatable bonds is 8. The van der Waals surface area contributed by atoms with Crippen LogP contribution in [0.2, 0.25) is 0 Å². The fraction of sp³-hybridized carbons (Fsp3) is 0.348. The summed E-state index contributed by atoms with van der Waals surface area (Å²) in [5.41, 5.74) is 9.80. The Balaban J connectivity index is 1.58. The maximum atomic E-state index is 12.4. The number of benzene rings is 2. The average molecular weight is 486 g/mol. The minimum atomic E-state index is -3.78. The van der Waals surface area contributed by atoms with Crippen LogP contribution in [0.3, 0.4) is 0 Å². The van der Waals surface area contributed by atoms with Gasteiger partial charge < -0.3 is 20.3 Å². The second-order valence-electron chi connectivity index (χ2n) is 8.36. The number of amides is 1. The van der Waals surface area contributed by atoms with Gasteiger partial charge in [-0.1, -0.05) is 23.4 Å². The van der Waals surface area contributed by atoms with Crippen LogP contribution in [0.25, 0.3) is 22.8 Å². The molecule has 0 fully saturated rings. The minimum absolute atomic E-state index is 0.000403. The molecule has 0 radical (unpaired) electrons. The normalized spacial score (nSPS) is 15.4. The topological polar surface area (TPSA) is 149 Å². The van der Waals surface area contributed by atoms with E-state index >= 15 is 0 Å². The molecular formula is C23H27N5O5S.